The fraction of sp³-hybridized carbons (Fsp3) is 0. The maximum Gasteiger partial charge on any atom is 0.337 e. The van der Waals surface area contributed by atoms with E-state index in [0.29, 0.717) is 23.3 Å². The van der Waals surface area contributed by atoms with Crippen molar-refractivity contribution in [2.75, 3.05) is 0 Å². The van der Waals surface area contributed by atoms with Gasteiger partial charge < -0.3 is 5.11 Å². The number of nitrogens with zero attached hydrogens (tertiary/aromatic N) is 3. The molecule has 3 aromatic rings. The number of carboxylic acids is 1. The van der Waals surface area contributed by atoms with Crippen LogP contribution in [0.5, 0.6) is 0 Å². The molecule has 0 saturated heterocycles. The van der Waals surface area contributed by atoms with Gasteiger partial charge in [0.25, 0.3) is 0 Å². The highest BCUT2D eigenvalue weighted by molar-refractivity contribution is 5.90. The molecule has 6 heteroatoms. The van der Waals surface area contributed by atoms with E-state index in [0.717, 1.165) is 0 Å². The predicted molar refractivity (Wildman–Crippen MR) is 70.8 cm³/mol. The minimum Gasteiger partial charge on any atom is -0.478 e. The summed E-state index contributed by atoms with van der Waals surface area (Å²) < 4.78 is 1.56. The Morgan fingerprint density at radius 2 is 2.10 bits per heavy atom. The Morgan fingerprint density at radius 1 is 1.25 bits per heavy atom. The van der Waals surface area contributed by atoms with Crippen molar-refractivity contribution in [1.29, 1.82) is 0 Å². The van der Waals surface area contributed by atoms with Gasteiger partial charge in [-0.25, -0.2) is 9.78 Å². The number of imidazole rings is 1. The number of hydrogen-bond donors (Lipinski definition) is 1. The number of carboxylic acid groups (broad SMARTS) is 1. The second-order valence-corrected chi connectivity index (χ2v) is 4.13. The summed E-state index contributed by atoms with van der Waals surface area (Å²) >= 11 is 0. The van der Waals surface area contributed by atoms with Crippen LogP contribution < -0.4 is 0 Å². The van der Waals surface area contributed by atoms with Crippen molar-refractivity contribution in [3.05, 3.63) is 54.0 Å². The van der Waals surface area contributed by atoms with E-state index in [4.69, 9.17) is 5.11 Å². The van der Waals surface area contributed by atoms with Crippen molar-refractivity contribution >= 4 is 17.8 Å². The van der Waals surface area contributed by atoms with Crippen molar-refractivity contribution in [3.8, 4) is 11.5 Å². The quantitative estimate of drug-likeness (QED) is 0.733. The van der Waals surface area contributed by atoms with Crippen LogP contribution in [0, 0.1) is 0 Å². The Labute approximate surface area is 113 Å². The van der Waals surface area contributed by atoms with Crippen LogP contribution in [-0.4, -0.2) is 31.7 Å². The summed E-state index contributed by atoms with van der Waals surface area (Å²) in [5.74, 6) is -0.606. The predicted octanol–water partition coefficient (Wildman–Crippen LogP) is 1.91. The molecule has 98 valence electrons. The molecule has 6 nitrogen and oxygen atoms in total. The highest BCUT2D eigenvalue weighted by atomic mass is 16.4. The van der Waals surface area contributed by atoms with Gasteiger partial charge in [-0.3, -0.25) is 14.2 Å². The maximum atomic E-state index is 11.1. The fourth-order valence-corrected chi connectivity index (χ4v) is 2.00. The van der Waals surface area contributed by atoms with Crippen molar-refractivity contribution in [2.45, 2.75) is 0 Å². The molecule has 1 N–H and O–H groups in total. The van der Waals surface area contributed by atoms with E-state index in [-0.39, 0.29) is 11.3 Å². The van der Waals surface area contributed by atoms with Gasteiger partial charge in [-0.05, 0) is 24.3 Å². The average molecular weight is 267 g/mol. The number of aromatic carboxylic acids is 1. The molecule has 0 saturated carbocycles. The van der Waals surface area contributed by atoms with Crippen LogP contribution in [0.1, 0.15) is 20.8 Å². The largest absolute Gasteiger partial charge is 0.478 e. The van der Waals surface area contributed by atoms with E-state index in [1.165, 1.54) is 12.3 Å². The molecule has 0 bridgehead atoms. The van der Waals surface area contributed by atoms with E-state index in [9.17, 15) is 9.59 Å². The van der Waals surface area contributed by atoms with Crippen LogP contribution in [0.3, 0.4) is 0 Å². The lowest BCUT2D eigenvalue weighted by Gasteiger charge is -2.01. The standard InChI is InChI=1S/C14H9N3O3/c18-8-11-12-5-4-9(14(19)20)7-17(12)13(16-11)10-3-1-2-6-15-10/h1-8H,(H,19,20). The van der Waals surface area contributed by atoms with E-state index in [1.807, 2.05) is 0 Å². The third kappa shape index (κ3) is 1.83. The summed E-state index contributed by atoms with van der Waals surface area (Å²) in [6.45, 7) is 0. The number of aromatic nitrogens is 3. The summed E-state index contributed by atoms with van der Waals surface area (Å²) in [4.78, 5) is 30.5. The second kappa shape index (κ2) is 4.58. The van der Waals surface area contributed by atoms with Gasteiger partial charge in [0.15, 0.2) is 12.1 Å². The molecule has 0 unspecified atom stereocenters. The van der Waals surface area contributed by atoms with E-state index in [1.54, 1.807) is 34.9 Å². The first-order valence-electron chi connectivity index (χ1n) is 5.82. The molecule has 0 aliphatic heterocycles. The molecule has 0 radical (unpaired) electrons. The molecule has 0 aromatic carbocycles. The lowest BCUT2D eigenvalue weighted by molar-refractivity contribution is 0.0696. The molecule has 3 heterocycles. The van der Waals surface area contributed by atoms with E-state index in [2.05, 4.69) is 9.97 Å². The monoisotopic (exact) mass is 267 g/mol. The molecule has 3 rings (SSSR count). The Kier molecular flexibility index (Phi) is 2.76. The normalized spacial score (nSPS) is 10.6. The van der Waals surface area contributed by atoms with Crippen LogP contribution in [0.4, 0.5) is 0 Å². The summed E-state index contributed by atoms with van der Waals surface area (Å²) in [6, 6.07) is 8.31. The first-order chi connectivity index (χ1) is 9.70. The van der Waals surface area contributed by atoms with Gasteiger partial charge in [0.2, 0.25) is 0 Å². The maximum absolute atomic E-state index is 11.1. The second-order valence-electron chi connectivity index (χ2n) is 4.13. The molecule has 3 aromatic heterocycles. The number of hydrogen-bond acceptors (Lipinski definition) is 4. The minimum atomic E-state index is -1.04. The van der Waals surface area contributed by atoms with Crippen molar-refractivity contribution in [1.82, 2.24) is 14.4 Å². The van der Waals surface area contributed by atoms with Crippen LogP contribution in [0.15, 0.2) is 42.7 Å². The van der Waals surface area contributed by atoms with Gasteiger partial charge in [-0.15, -0.1) is 0 Å². The van der Waals surface area contributed by atoms with Crippen molar-refractivity contribution in [3.63, 3.8) is 0 Å². The molecule has 0 fully saturated rings. The Balaban J connectivity index is 2.33. The van der Waals surface area contributed by atoms with Gasteiger partial charge in [0.1, 0.15) is 11.4 Å². The van der Waals surface area contributed by atoms with Gasteiger partial charge in [0, 0.05) is 12.4 Å². The van der Waals surface area contributed by atoms with Gasteiger partial charge in [-0.2, -0.15) is 0 Å². The molecular weight excluding hydrogens is 258 g/mol. The van der Waals surface area contributed by atoms with Gasteiger partial charge >= 0.3 is 5.97 Å². The number of carbonyl (C=O) groups is 2. The van der Waals surface area contributed by atoms with Crippen LogP contribution in [0.25, 0.3) is 17.0 Å². The van der Waals surface area contributed by atoms with Crippen molar-refractivity contribution < 1.29 is 14.7 Å². The van der Waals surface area contributed by atoms with E-state index < -0.39 is 5.97 Å². The third-order valence-electron chi connectivity index (χ3n) is 2.92. The number of aldehydes is 1. The molecule has 0 aliphatic carbocycles. The molecule has 0 amide bonds. The molecule has 20 heavy (non-hydrogen) atoms. The first-order valence-corrected chi connectivity index (χ1v) is 5.82. The van der Waals surface area contributed by atoms with Crippen LogP contribution >= 0.6 is 0 Å². The Hall–Kier alpha value is -3.02. The Morgan fingerprint density at radius 3 is 2.75 bits per heavy atom. The first kappa shape index (κ1) is 12.0. The zero-order valence-corrected chi connectivity index (χ0v) is 10.2. The molecule has 0 atom stereocenters. The zero-order chi connectivity index (χ0) is 14.1. The molecule has 0 spiro atoms. The molecular formula is C14H9N3O3. The Bertz CT molecular complexity index is 809. The zero-order valence-electron chi connectivity index (χ0n) is 10.2. The van der Waals surface area contributed by atoms with Crippen LogP contribution in [0.2, 0.25) is 0 Å². The fourth-order valence-electron chi connectivity index (χ4n) is 2.00. The number of fused-ring (bicyclic) bond motifs is 1. The lowest BCUT2D eigenvalue weighted by atomic mass is 10.2. The van der Waals surface area contributed by atoms with Gasteiger partial charge in [-0.1, -0.05) is 6.07 Å². The average Bonchev–Trinajstić information content (AvgIpc) is 2.86. The topological polar surface area (TPSA) is 84.6 Å². The smallest absolute Gasteiger partial charge is 0.337 e. The number of pyridine rings is 2. The van der Waals surface area contributed by atoms with E-state index >= 15 is 0 Å². The lowest BCUT2D eigenvalue weighted by Crippen LogP contribution is -2.00. The number of carbonyl (C=O) groups excluding carboxylic acids is 1. The minimum absolute atomic E-state index is 0.115. The van der Waals surface area contributed by atoms with Crippen LogP contribution in [-0.2, 0) is 0 Å². The third-order valence-corrected chi connectivity index (χ3v) is 2.92. The SMILES string of the molecule is O=Cc1nc(-c2ccccn2)n2cc(C(=O)O)ccc12. The number of rotatable bonds is 3. The summed E-state index contributed by atoms with van der Waals surface area (Å²) in [7, 11) is 0. The summed E-state index contributed by atoms with van der Waals surface area (Å²) in [5.41, 5.74) is 1.48. The van der Waals surface area contributed by atoms with Gasteiger partial charge in [0.05, 0.1) is 11.1 Å². The summed E-state index contributed by atoms with van der Waals surface area (Å²) in [6.07, 6.45) is 3.68. The highest BCUT2D eigenvalue weighted by Gasteiger charge is 2.14. The summed E-state index contributed by atoms with van der Waals surface area (Å²) in [5, 5.41) is 9.05. The van der Waals surface area contributed by atoms with Crippen molar-refractivity contribution in [2.24, 2.45) is 0 Å². The molecule has 0 aliphatic rings. The highest BCUT2D eigenvalue weighted by Crippen LogP contribution is 2.21.